The Morgan fingerprint density at radius 3 is 2.56 bits per heavy atom. The van der Waals surface area contributed by atoms with Crippen LogP contribution < -0.4 is 5.73 Å². The minimum Gasteiger partial charge on any atom is -0.383 e. The maximum absolute atomic E-state index is 5.93. The van der Waals surface area contributed by atoms with Gasteiger partial charge in [-0.3, -0.25) is 4.68 Å². The average molecular weight is 240 g/mol. The van der Waals surface area contributed by atoms with Crippen LogP contribution in [-0.4, -0.2) is 24.5 Å². The molecule has 0 radical (unpaired) electrons. The number of rotatable bonds is 2. The standard InChI is InChI=1S/C12H12N6/c1-17-8-14-12(16-17)18-11(13)7-10(15-18)9-5-3-2-4-6-9/h2-8H,13H2,1H3. The van der Waals surface area contributed by atoms with Gasteiger partial charge < -0.3 is 5.73 Å². The van der Waals surface area contributed by atoms with E-state index in [1.54, 1.807) is 18.1 Å². The van der Waals surface area contributed by atoms with Crippen molar-refractivity contribution in [2.24, 2.45) is 7.05 Å². The van der Waals surface area contributed by atoms with Crippen LogP contribution in [0.5, 0.6) is 0 Å². The van der Waals surface area contributed by atoms with Crippen LogP contribution in [0.15, 0.2) is 42.7 Å². The molecule has 1 aromatic carbocycles. The third-order valence-electron chi connectivity index (χ3n) is 2.58. The molecule has 0 bridgehead atoms. The number of aryl methyl sites for hydroxylation is 1. The van der Waals surface area contributed by atoms with Crippen molar-refractivity contribution in [1.82, 2.24) is 24.5 Å². The van der Waals surface area contributed by atoms with E-state index in [9.17, 15) is 0 Å². The molecule has 2 heterocycles. The van der Waals surface area contributed by atoms with Gasteiger partial charge in [0.05, 0.1) is 5.69 Å². The maximum Gasteiger partial charge on any atom is 0.271 e. The van der Waals surface area contributed by atoms with E-state index < -0.39 is 0 Å². The van der Waals surface area contributed by atoms with E-state index in [0.29, 0.717) is 11.8 Å². The van der Waals surface area contributed by atoms with E-state index >= 15 is 0 Å². The second-order valence-corrected chi connectivity index (χ2v) is 3.95. The Kier molecular flexibility index (Phi) is 2.33. The summed E-state index contributed by atoms with van der Waals surface area (Å²) in [7, 11) is 1.80. The lowest BCUT2D eigenvalue weighted by Crippen LogP contribution is -2.04. The second-order valence-electron chi connectivity index (χ2n) is 3.95. The molecule has 0 atom stereocenters. The number of anilines is 1. The highest BCUT2D eigenvalue weighted by molar-refractivity contribution is 5.62. The lowest BCUT2D eigenvalue weighted by Gasteiger charge is -1.96. The Labute approximate surface area is 104 Å². The number of benzene rings is 1. The zero-order valence-corrected chi connectivity index (χ0v) is 9.85. The first-order chi connectivity index (χ1) is 8.74. The van der Waals surface area contributed by atoms with Gasteiger partial charge in [-0.25, -0.2) is 0 Å². The van der Waals surface area contributed by atoms with Gasteiger partial charge in [-0.1, -0.05) is 30.3 Å². The zero-order chi connectivity index (χ0) is 12.5. The molecule has 6 nitrogen and oxygen atoms in total. The minimum atomic E-state index is 0.470. The van der Waals surface area contributed by atoms with Crippen LogP contribution in [0.2, 0.25) is 0 Å². The lowest BCUT2D eigenvalue weighted by atomic mass is 10.2. The predicted octanol–water partition coefficient (Wildman–Crippen LogP) is 1.25. The van der Waals surface area contributed by atoms with Gasteiger partial charge >= 0.3 is 0 Å². The zero-order valence-electron chi connectivity index (χ0n) is 9.85. The molecule has 90 valence electrons. The summed E-state index contributed by atoms with van der Waals surface area (Å²) in [5, 5.41) is 8.59. The molecule has 6 heteroatoms. The molecule has 3 rings (SSSR count). The van der Waals surface area contributed by atoms with Crippen molar-refractivity contribution < 1.29 is 0 Å². The summed E-state index contributed by atoms with van der Waals surface area (Å²) in [6.07, 6.45) is 1.61. The Morgan fingerprint density at radius 1 is 1.11 bits per heavy atom. The minimum absolute atomic E-state index is 0.470. The molecule has 2 N–H and O–H groups in total. The van der Waals surface area contributed by atoms with Crippen LogP contribution in [0.4, 0.5) is 5.82 Å². The van der Waals surface area contributed by atoms with Crippen molar-refractivity contribution in [2.75, 3.05) is 5.73 Å². The Balaban J connectivity index is 2.06. The summed E-state index contributed by atoms with van der Waals surface area (Å²) >= 11 is 0. The largest absolute Gasteiger partial charge is 0.383 e. The van der Waals surface area contributed by atoms with E-state index in [4.69, 9.17) is 5.73 Å². The number of hydrogen-bond acceptors (Lipinski definition) is 4. The van der Waals surface area contributed by atoms with E-state index in [-0.39, 0.29) is 0 Å². The van der Waals surface area contributed by atoms with Gasteiger partial charge in [-0.15, -0.1) is 5.10 Å². The molecule has 0 unspecified atom stereocenters. The van der Waals surface area contributed by atoms with Crippen LogP contribution in [0.3, 0.4) is 0 Å². The van der Waals surface area contributed by atoms with Gasteiger partial charge in [-0.05, 0) is 0 Å². The first kappa shape index (κ1) is 10.5. The Bertz CT molecular complexity index is 667. The third-order valence-corrected chi connectivity index (χ3v) is 2.58. The summed E-state index contributed by atoms with van der Waals surface area (Å²) in [6, 6.07) is 11.7. The highest BCUT2D eigenvalue weighted by Crippen LogP contribution is 2.21. The molecular weight excluding hydrogens is 228 g/mol. The average Bonchev–Trinajstić information content (AvgIpc) is 2.97. The molecule has 0 aliphatic rings. The van der Waals surface area contributed by atoms with Crippen molar-refractivity contribution in [3.8, 4) is 17.2 Å². The van der Waals surface area contributed by atoms with Crippen molar-refractivity contribution in [3.05, 3.63) is 42.7 Å². The van der Waals surface area contributed by atoms with Crippen LogP contribution >= 0.6 is 0 Å². The second kappa shape index (κ2) is 3.99. The normalized spacial score (nSPS) is 10.7. The van der Waals surface area contributed by atoms with Gasteiger partial charge in [-0.2, -0.15) is 14.8 Å². The quantitative estimate of drug-likeness (QED) is 0.731. The molecule has 0 aliphatic carbocycles. The topological polar surface area (TPSA) is 74.5 Å². The summed E-state index contributed by atoms with van der Waals surface area (Å²) in [5.74, 6) is 0.984. The molecule has 3 aromatic rings. The van der Waals surface area contributed by atoms with Crippen molar-refractivity contribution in [1.29, 1.82) is 0 Å². The van der Waals surface area contributed by atoms with Crippen LogP contribution in [-0.2, 0) is 7.05 Å². The molecule has 0 saturated heterocycles. The monoisotopic (exact) mass is 240 g/mol. The molecule has 18 heavy (non-hydrogen) atoms. The van der Waals surface area contributed by atoms with Gasteiger partial charge in [0.1, 0.15) is 12.1 Å². The highest BCUT2D eigenvalue weighted by Gasteiger charge is 2.11. The van der Waals surface area contributed by atoms with Gasteiger partial charge in [0, 0.05) is 18.7 Å². The van der Waals surface area contributed by atoms with Crippen molar-refractivity contribution >= 4 is 5.82 Å². The highest BCUT2D eigenvalue weighted by atomic mass is 15.5. The molecule has 2 aromatic heterocycles. The summed E-state index contributed by atoms with van der Waals surface area (Å²) < 4.78 is 3.14. The van der Waals surface area contributed by atoms with Gasteiger partial charge in [0.25, 0.3) is 5.95 Å². The van der Waals surface area contributed by atoms with Crippen molar-refractivity contribution in [2.45, 2.75) is 0 Å². The molecule has 0 amide bonds. The Hall–Kier alpha value is -2.63. The maximum atomic E-state index is 5.93. The van der Waals surface area contributed by atoms with E-state index in [1.165, 1.54) is 4.68 Å². The first-order valence-electron chi connectivity index (χ1n) is 5.51. The smallest absolute Gasteiger partial charge is 0.271 e. The third kappa shape index (κ3) is 1.73. The van der Waals surface area contributed by atoms with Crippen molar-refractivity contribution in [3.63, 3.8) is 0 Å². The SMILES string of the molecule is Cn1cnc(-n2nc(-c3ccccc3)cc2N)n1. The lowest BCUT2D eigenvalue weighted by molar-refractivity contribution is 0.734. The van der Waals surface area contributed by atoms with Crippen LogP contribution in [0, 0.1) is 0 Å². The predicted molar refractivity (Wildman–Crippen MR) is 68.0 cm³/mol. The summed E-state index contributed by atoms with van der Waals surface area (Å²) in [5.41, 5.74) is 7.75. The Morgan fingerprint density at radius 2 is 1.89 bits per heavy atom. The van der Waals surface area contributed by atoms with E-state index in [1.807, 2.05) is 36.4 Å². The molecular formula is C12H12N6. The van der Waals surface area contributed by atoms with E-state index in [0.717, 1.165) is 11.3 Å². The van der Waals surface area contributed by atoms with Gasteiger partial charge in [0.2, 0.25) is 0 Å². The fourth-order valence-electron chi connectivity index (χ4n) is 1.73. The fraction of sp³-hybridized carbons (Fsp3) is 0.0833. The van der Waals surface area contributed by atoms with Gasteiger partial charge in [0.15, 0.2) is 0 Å². The number of nitrogens with two attached hydrogens (primary N) is 1. The summed E-state index contributed by atoms with van der Waals surface area (Å²) in [6.45, 7) is 0. The first-order valence-corrected chi connectivity index (χ1v) is 5.51. The summed E-state index contributed by atoms with van der Waals surface area (Å²) in [4.78, 5) is 4.13. The van der Waals surface area contributed by atoms with Crippen LogP contribution in [0.25, 0.3) is 17.2 Å². The molecule has 0 saturated carbocycles. The fourth-order valence-corrected chi connectivity index (χ4v) is 1.73. The van der Waals surface area contributed by atoms with Crippen LogP contribution in [0.1, 0.15) is 0 Å². The number of aromatic nitrogens is 5. The number of nitrogen functional groups attached to an aromatic ring is 1. The molecule has 0 spiro atoms. The molecule has 0 fully saturated rings. The van der Waals surface area contributed by atoms with E-state index in [2.05, 4.69) is 15.2 Å². The number of hydrogen-bond donors (Lipinski definition) is 1. The molecule has 0 aliphatic heterocycles. The number of nitrogens with zero attached hydrogens (tertiary/aromatic N) is 5.